The molecule has 0 N–H and O–H groups in total. The fraction of sp³-hybridized carbons (Fsp3) is 0.515. The normalized spacial score (nSPS) is 14.0. The van der Waals surface area contributed by atoms with E-state index < -0.39 is 75.3 Å². The van der Waals surface area contributed by atoms with Crippen molar-refractivity contribution in [2.45, 2.75) is 71.1 Å². The van der Waals surface area contributed by atoms with E-state index in [0.717, 1.165) is 12.5 Å². The van der Waals surface area contributed by atoms with E-state index in [0.29, 0.717) is 5.56 Å². The van der Waals surface area contributed by atoms with Crippen LogP contribution in [0.15, 0.2) is 54.6 Å². The zero-order valence-electron chi connectivity index (χ0n) is 27.3. The minimum atomic E-state index is -3.72. The summed E-state index contributed by atoms with van der Waals surface area (Å²) in [7, 11) is -1.47. The fourth-order valence-electron chi connectivity index (χ4n) is 3.99. The lowest BCUT2D eigenvalue weighted by molar-refractivity contribution is -0.171. The second-order valence-corrected chi connectivity index (χ2v) is 19.3. The quantitative estimate of drug-likeness (QED) is 0.0804. The number of alkyl halides is 3. The van der Waals surface area contributed by atoms with E-state index >= 15 is 0 Å². The van der Waals surface area contributed by atoms with Crippen molar-refractivity contribution in [1.82, 2.24) is 0 Å². The van der Waals surface area contributed by atoms with Gasteiger partial charge in [0.2, 0.25) is 0 Å². The Balaban J connectivity index is 1.87. The van der Waals surface area contributed by atoms with Gasteiger partial charge in [0.05, 0.1) is 13.5 Å². The predicted molar refractivity (Wildman–Crippen MR) is 174 cm³/mol. The third-order valence-electron chi connectivity index (χ3n) is 7.00. The van der Waals surface area contributed by atoms with Crippen LogP contribution < -0.4 is 5.19 Å². The van der Waals surface area contributed by atoms with E-state index in [4.69, 9.17) is 18.9 Å². The van der Waals surface area contributed by atoms with Crippen LogP contribution in [0, 0.1) is 10.8 Å². The van der Waals surface area contributed by atoms with Crippen LogP contribution in [-0.2, 0) is 44.7 Å². The summed E-state index contributed by atoms with van der Waals surface area (Å²) in [6.07, 6.45) is -1.22. The fourth-order valence-corrected chi connectivity index (χ4v) is 6.27. The maximum Gasteiger partial charge on any atom is 0.508 e. The summed E-state index contributed by atoms with van der Waals surface area (Å²) in [6, 6.07) is 16.9. The number of esters is 3. The molecule has 0 aromatic heterocycles. The van der Waals surface area contributed by atoms with Crippen LogP contribution >= 0.6 is 15.9 Å². The van der Waals surface area contributed by atoms with Gasteiger partial charge in [0.1, 0.15) is 25.2 Å². The summed E-state index contributed by atoms with van der Waals surface area (Å²) in [6.45, 7) is 8.35. The Kier molecular flexibility index (Phi) is 13.9. The van der Waals surface area contributed by atoms with Crippen molar-refractivity contribution in [2.75, 3.05) is 26.4 Å². The molecule has 46 heavy (non-hydrogen) atoms. The van der Waals surface area contributed by atoms with E-state index in [2.05, 4.69) is 52.4 Å². The molecule has 0 saturated heterocycles. The minimum absolute atomic E-state index is 0.0936. The largest absolute Gasteiger partial charge is 0.508 e. The van der Waals surface area contributed by atoms with Gasteiger partial charge in [-0.25, -0.2) is 4.79 Å². The number of carbonyl (C=O) groups excluding carboxylic acids is 4. The number of benzene rings is 2. The van der Waals surface area contributed by atoms with Gasteiger partial charge >= 0.3 is 30.0 Å². The van der Waals surface area contributed by atoms with Crippen LogP contribution in [0.2, 0.25) is 19.6 Å². The summed E-state index contributed by atoms with van der Waals surface area (Å²) in [5.74, 6) is -6.10. The third kappa shape index (κ3) is 12.8. The molecule has 9 nitrogen and oxygen atoms in total. The molecule has 0 spiro atoms. The summed E-state index contributed by atoms with van der Waals surface area (Å²) in [5.41, 5.74) is -1.11. The number of hydrogen-bond acceptors (Lipinski definition) is 9. The zero-order chi connectivity index (χ0) is 34.8. The first-order chi connectivity index (χ1) is 21.2. The lowest BCUT2D eigenvalue weighted by Crippen LogP contribution is -2.41. The van der Waals surface area contributed by atoms with Crippen molar-refractivity contribution >= 4 is 53.3 Å². The minimum Gasteiger partial charge on any atom is -0.465 e. The molecule has 0 saturated carbocycles. The van der Waals surface area contributed by atoms with Crippen molar-refractivity contribution in [2.24, 2.45) is 10.8 Å². The van der Waals surface area contributed by atoms with Crippen LogP contribution in [0.3, 0.4) is 0 Å². The van der Waals surface area contributed by atoms with Crippen LogP contribution in [0.25, 0.3) is 0 Å². The van der Waals surface area contributed by atoms with Gasteiger partial charge in [0.25, 0.3) is 0 Å². The Morgan fingerprint density at radius 3 is 1.87 bits per heavy atom. The number of carbonyl (C=O) groups is 4. The molecule has 2 atom stereocenters. The third-order valence-corrected chi connectivity index (χ3v) is 9.92. The maximum absolute atomic E-state index is 14.5. The molecule has 0 aliphatic carbocycles. The van der Waals surface area contributed by atoms with E-state index in [1.807, 2.05) is 12.1 Å². The van der Waals surface area contributed by atoms with Crippen LogP contribution in [0.5, 0.6) is 0 Å². The molecule has 0 aliphatic heterocycles. The van der Waals surface area contributed by atoms with E-state index in [-0.39, 0.29) is 17.9 Å². The highest BCUT2D eigenvalue weighted by molar-refractivity contribution is 9.09. The average Bonchev–Trinajstić information content (AvgIpc) is 2.99. The highest BCUT2D eigenvalue weighted by Gasteiger charge is 2.40. The van der Waals surface area contributed by atoms with Gasteiger partial charge in [0.15, 0.2) is 13.2 Å². The molecule has 0 bridgehead atoms. The monoisotopic (exact) mass is 728 g/mol. The van der Waals surface area contributed by atoms with Gasteiger partial charge in [0, 0.05) is 11.8 Å². The Morgan fingerprint density at radius 1 is 0.761 bits per heavy atom. The maximum atomic E-state index is 14.5. The molecule has 0 radical (unpaired) electrons. The molecule has 0 heterocycles. The molecule has 2 aromatic rings. The smallest absolute Gasteiger partial charge is 0.465 e. The molecule has 2 unspecified atom stereocenters. The molecule has 2 aromatic carbocycles. The van der Waals surface area contributed by atoms with Crippen molar-refractivity contribution in [3.63, 3.8) is 0 Å². The van der Waals surface area contributed by atoms with Crippen LogP contribution in [-0.4, -0.2) is 64.5 Å². The summed E-state index contributed by atoms with van der Waals surface area (Å²) in [5, 5.41) is 1.29. The predicted octanol–water partition coefficient (Wildman–Crippen LogP) is 6.73. The number of halogens is 3. The van der Waals surface area contributed by atoms with Crippen LogP contribution in [0.4, 0.5) is 13.6 Å². The van der Waals surface area contributed by atoms with Gasteiger partial charge in [-0.3, -0.25) is 14.4 Å². The molecule has 13 heteroatoms. The first kappa shape index (κ1) is 38.9. The molecule has 0 amide bonds. The standard InChI is InChI=1S/C33H43BrF2O9Si/c1-23(37)42-19-32(4,29(39)41-18-24-11-9-8-10-12-24)20-44-30(40)45-22-33(35,36)21-43-28(38)31(2,3)17-27(34)25-13-15-26(16-14-25)46(5,6)7/h8-16,27H,17-22H2,1-7H3. The second-order valence-electron chi connectivity index (χ2n) is 13.1. The Hall–Kier alpha value is -3.32. The van der Waals surface area contributed by atoms with Gasteiger partial charge in [-0.15, -0.1) is 0 Å². The Morgan fingerprint density at radius 2 is 1.30 bits per heavy atom. The number of hydrogen-bond donors (Lipinski definition) is 0. The van der Waals surface area contributed by atoms with Crippen molar-refractivity contribution in [3.8, 4) is 0 Å². The summed E-state index contributed by atoms with van der Waals surface area (Å²) >= 11 is 3.60. The molecular formula is C33H43BrF2O9Si. The number of rotatable bonds is 16. The molecule has 0 aliphatic rings. The second kappa shape index (κ2) is 16.5. The lowest BCUT2D eigenvalue weighted by Gasteiger charge is -2.27. The number of ether oxygens (including phenoxy) is 5. The topological polar surface area (TPSA) is 114 Å². The van der Waals surface area contributed by atoms with Gasteiger partial charge in [-0.05, 0) is 38.3 Å². The lowest BCUT2D eigenvalue weighted by atomic mass is 9.86. The summed E-state index contributed by atoms with van der Waals surface area (Å²) in [4.78, 5) is 48.8. The first-order valence-electron chi connectivity index (χ1n) is 14.7. The van der Waals surface area contributed by atoms with Crippen molar-refractivity contribution < 1.29 is 51.6 Å². The van der Waals surface area contributed by atoms with Crippen LogP contribution in [0.1, 0.15) is 50.1 Å². The van der Waals surface area contributed by atoms with E-state index in [1.165, 1.54) is 12.1 Å². The van der Waals surface area contributed by atoms with Gasteiger partial charge in [-0.2, -0.15) is 8.78 Å². The zero-order valence-corrected chi connectivity index (χ0v) is 29.9. The van der Waals surface area contributed by atoms with E-state index in [9.17, 15) is 28.0 Å². The molecular weight excluding hydrogens is 686 g/mol. The van der Waals surface area contributed by atoms with Crippen molar-refractivity contribution in [3.05, 3.63) is 65.7 Å². The Labute approximate surface area is 278 Å². The molecule has 0 fully saturated rings. The van der Waals surface area contributed by atoms with Gasteiger partial charge < -0.3 is 23.7 Å². The molecule has 254 valence electrons. The first-order valence-corrected chi connectivity index (χ1v) is 19.1. The molecule has 2 rings (SSSR count). The van der Waals surface area contributed by atoms with E-state index in [1.54, 1.807) is 44.2 Å². The SMILES string of the molecule is CC(=O)OCC(C)(COC(=O)OCC(F)(F)COC(=O)C(C)(C)CC(Br)c1ccc([Si](C)(C)C)cc1)C(=O)OCc1ccccc1. The average molecular weight is 730 g/mol. The Bertz CT molecular complexity index is 1330. The van der Waals surface area contributed by atoms with Crippen molar-refractivity contribution in [1.29, 1.82) is 0 Å². The summed E-state index contributed by atoms with van der Waals surface area (Å²) < 4.78 is 53.6. The highest BCUT2D eigenvalue weighted by Crippen LogP contribution is 2.37. The highest BCUT2D eigenvalue weighted by atomic mass is 79.9. The van der Waals surface area contributed by atoms with Gasteiger partial charge in [-0.1, -0.05) is 95.4 Å².